The van der Waals surface area contributed by atoms with E-state index in [9.17, 15) is 38.7 Å². The zero-order valence-corrected chi connectivity index (χ0v) is 56.1. The van der Waals surface area contributed by atoms with Gasteiger partial charge >= 0.3 is 18.1 Å². The fraction of sp³-hybridized carbons (Fsp3) is 0.612. The lowest BCUT2D eigenvalue weighted by molar-refractivity contribution is -0.172. The van der Waals surface area contributed by atoms with Crippen LogP contribution in [0, 0.1) is 36.2 Å². The predicted octanol–water partition coefficient (Wildman–Crippen LogP) is 5.32. The molecular weight excluding hydrogens is 1280 g/mol. The Labute approximate surface area is 561 Å². The molecule has 7 rings (SSSR count). The Morgan fingerprint density at radius 1 is 0.722 bits per heavy atom. The number of carbonyl (C=O) groups is 6. The van der Waals surface area contributed by atoms with E-state index in [1.165, 1.54) is 16.7 Å². The Hall–Kier alpha value is -7.39. The number of nitrogens with one attached hydrogen (secondary N) is 5. The number of anilines is 1. The van der Waals surface area contributed by atoms with Crippen molar-refractivity contribution in [3.63, 3.8) is 0 Å². The average molecular weight is 1370 g/mol. The molecule has 0 radical (unpaired) electrons. The summed E-state index contributed by atoms with van der Waals surface area (Å²) in [6.07, 6.45) is 0.289. The van der Waals surface area contributed by atoms with Gasteiger partial charge in [0.15, 0.2) is 5.60 Å². The molecular formula is C67H93F3N8O19. The van der Waals surface area contributed by atoms with E-state index >= 15 is 13.2 Å². The van der Waals surface area contributed by atoms with Gasteiger partial charge in [-0.15, -0.1) is 0 Å². The van der Waals surface area contributed by atoms with Crippen molar-refractivity contribution in [2.75, 3.05) is 131 Å². The van der Waals surface area contributed by atoms with E-state index < -0.39 is 101 Å². The number of aryl methyl sites for hydroxylation is 1. The van der Waals surface area contributed by atoms with Crippen molar-refractivity contribution < 1.29 is 99.2 Å². The number of amides is 6. The fourth-order valence-corrected chi connectivity index (χ4v) is 11.2. The molecule has 0 saturated heterocycles. The second kappa shape index (κ2) is 38.7. The predicted molar refractivity (Wildman–Crippen MR) is 346 cm³/mol. The number of aliphatic hydroxyl groups is 1. The van der Waals surface area contributed by atoms with Crippen molar-refractivity contribution in [2.45, 2.75) is 130 Å². The largest absolute Gasteiger partial charge is 0.458 e. The molecule has 8 N–H and O–H groups in total. The fourth-order valence-electron chi connectivity index (χ4n) is 11.2. The first-order chi connectivity index (χ1) is 46.6. The first-order valence-corrected chi connectivity index (χ1v) is 33.0. The average Bonchev–Trinajstić information content (AvgIpc) is 1.61. The summed E-state index contributed by atoms with van der Waals surface area (Å²) >= 11 is 0. The molecule has 2 aromatic heterocycles. The van der Waals surface area contributed by atoms with Gasteiger partial charge in [-0.05, 0) is 92.2 Å². The standard InChI is InChI=1S/C67H93F3N8O19/c1-7-67(86)48-35-55-60-45(37-78(55)63(82)46(48)38-96-64(67)83)58-52(11-10-44-42(6)49(68)36-54(74-60)57(44)58)76-66(85)97-39-47-50(69)33-43(34-51(47)70)73-61(80)53(9-8-14-72-65(71)84)75-62(81)59(41(4)5)77-56(79)13-16-88-18-20-90-22-24-92-26-28-94-30-32-95-31-29-93-27-25-91-23-21-89-19-17-87-15-12-40(2)3/h33-36,40-41,52-53,59,86H,7-32,37-39H2,1-6H3,(H,73,80)(H,75,81)(H,76,85)(H,77,79)(H3,71,72,84)/t52-,53-,59-,67-/m0/s1. The van der Waals surface area contributed by atoms with Crippen LogP contribution in [-0.2, 0) is 103 Å². The topological polar surface area (TPSA) is 345 Å². The Balaban J connectivity index is 0.805. The van der Waals surface area contributed by atoms with Crippen molar-refractivity contribution in [1.29, 1.82) is 0 Å². The molecule has 0 saturated carbocycles. The Morgan fingerprint density at radius 2 is 1.28 bits per heavy atom. The molecule has 6 amide bonds. The van der Waals surface area contributed by atoms with E-state index in [1.807, 2.05) is 0 Å². The number of hydrogen-bond donors (Lipinski definition) is 7. The minimum atomic E-state index is -2.11. The lowest BCUT2D eigenvalue weighted by atomic mass is 9.81. The first-order valence-electron chi connectivity index (χ1n) is 33.0. The molecule has 4 atom stereocenters. The highest BCUT2D eigenvalue weighted by atomic mass is 19.1. The van der Waals surface area contributed by atoms with Crippen molar-refractivity contribution in [3.05, 3.63) is 91.0 Å². The minimum Gasteiger partial charge on any atom is -0.458 e. The summed E-state index contributed by atoms with van der Waals surface area (Å²) in [6, 6.07) is 0.205. The second-order valence-corrected chi connectivity index (χ2v) is 24.3. The van der Waals surface area contributed by atoms with E-state index in [0.717, 1.165) is 25.2 Å². The number of carbonyl (C=O) groups excluding carboxylic acids is 6. The second-order valence-electron chi connectivity index (χ2n) is 24.3. The molecule has 0 spiro atoms. The molecule has 1 aliphatic carbocycles. The van der Waals surface area contributed by atoms with Crippen molar-refractivity contribution in [3.8, 4) is 11.4 Å². The van der Waals surface area contributed by atoms with Gasteiger partial charge in [0, 0.05) is 47.8 Å². The Bertz CT molecular complexity index is 3370. The molecule has 2 aromatic carbocycles. The number of ether oxygens (including phenoxy) is 11. The highest BCUT2D eigenvalue weighted by molar-refractivity contribution is 5.99. The molecule has 0 unspecified atom stereocenters. The minimum absolute atomic E-state index is 0.00586. The number of benzene rings is 2. The van der Waals surface area contributed by atoms with E-state index in [4.69, 9.17) is 62.8 Å². The van der Waals surface area contributed by atoms with Crippen LogP contribution < -0.4 is 37.9 Å². The SMILES string of the molecule is CC[C@@]1(O)C(=O)OCc2c1cc1n(c2=O)Cc2c-1nc1cc(F)c(C)c3c1c2[C@@H](NC(=O)OCc1c(F)cc(NC(=O)[C@H](CCCNC(N)=O)NC(=O)[C@@H](NC(=O)CCOCCOCCOCCOCCOCCOCCOCCOCCOCCC(C)C)C(C)C)cc1F)CC3. The van der Waals surface area contributed by atoms with Gasteiger partial charge < -0.3 is 94.1 Å². The summed E-state index contributed by atoms with van der Waals surface area (Å²) < 4.78 is 109. The molecule has 536 valence electrons. The number of esters is 1. The van der Waals surface area contributed by atoms with Crippen LogP contribution in [0.4, 0.5) is 28.4 Å². The molecule has 2 aliphatic heterocycles. The normalized spacial score (nSPS) is 16.0. The van der Waals surface area contributed by atoms with Gasteiger partial charge in [-0.2, -0.15) is 0 Å². The number of alkyl carbamates (subject to hydrolysis) is 1. The van der Waals surface area contributed by atoms with E-state index in [-0.39, 0.29) is 112 Å². The van der Waals surface area contributed by atoms with Gasteiger partial charge in [0.05, 0.1) is 153 Å². The highest BCUT2D eigenvalue weighted by Crippen LogP contribution is 2.46. The summed E-state index contributed by atoms with van der Waals surface area (Å²) in [7, 11) is 0. The van der Waals surface area contributed by atoms with E-state index in [1.54, 1.807) is 27.7 Å². The lowest BCUT2D eigenvalue weighted by Crippen LogP contribution is -2.54. The quantitative estimate of drug-likeness (QED) is 0.0192. The molecule has 4 heterocycles. The number of hydrogen-bond acceptors (Lipinski definition) is 20. The van der Waals surface area contributed by atoms with E-state index in [0.29, 0.717) is 126 Å². The number of primary amides is 1. The van der Waals surface area contributed by atoms with Crippen molar-refractivity contribution in [2.24, 2.45) is 17.6 Å². The number of cyclic esters (lactones) is 1. The van der Waals surface area contributed by atoms with Crippen LogP contribution >= 0.6 is 0 Å². The molecule has 30 heteroatoms. The molecule has 97 heavy (non-hydrogen) atoms. The summed E-state index contributed by atoms with van der Waals surface area (Å²) in [6.45, 7) is 16.9. The molecule has 3 aliphatic rings. The Morgan fingerprint density at radius 3 is 1.81 bits per heavy atom. The number of nitrogens with zero attached hydrogens (tertiary/aromatic N) is 2. The number of fused-ring (bicyclic) bond motifs is 5. The van der Waals surface area contributed by atoms with Crippen molar-refractivity contribution in [1.82, 2.24) is 30.8 Å². The highest BCUT2D eigenvalue weighted by Gasteiger charge is 2.46. The van der Waals surface area contributed by atoms with Crippen molar-refractivity contribution >= 4 is 52.4 Å². The first kappa shape index (κ1) is 77.0. The maximum atomic E-state index is 15.9. The van der Waals surface area contributed by atoms with Crippen LogP contribution in [-0.4, -0.2) is 188 Å². The van der Waals surface area contributed by atoms with Gasteiger partial charge in [-0.3, -0.25) is 19.2 Å². The summed E-state index contributed by atoms with van der Waals surface area (Å²) in [5.74, 6) is -5.85. The smallest absolute Gasteiger partial charge is 0.407 e. The van der Waals surface area contributed by atoms with Crippen LogP contribution in [0.5, 0.6) is 0 Å². The van der Waals surface area contributed by atoms with Gasteiger partial charge in [0.1, 0.15) is 42.7 Å². The third kappa shape index (κ3) is 22.1. The lowest BCUT2D eigenvalue weighted by Gasteiger charge is -2.31. The van der Waals surface area contributed by atoms with Crippen LogP contribution in [0.2, 0.25) is 0 Å². The van der Waals surface area contributed by atoms with Gasteiger partial charge in [-0.1, -0.05) is 34.6 Å². The maximum Gasteiger partial charge on any atom is 0.407 e. The Kier molecular flexibility index (Phi) is 30.7. The van der Waals surface area contributed by atoms with Crippen LogP contribution in [0.3, 0.4) is 0 Å². The van der Waals surface area contributed by atoms with E-state index in [2.05, 4.69) is 40.4 Å². The third-order valence-corrected chi connectivity index (χ3v) is 16.6. The van der Waals surface area contributed by atoms with Gasteiger partial charge in [-0.25, -0.2) is 32.5 Å². The maximum absolute atomic E-state index is 15.9. The molecule has 0 bridgehead atoms. The molecule has 27 nitrogen and oxygen atoms in total. The molecule has 4 aromatic rings. The zero-order chi connectivity index (χ0) is 70.0. The number of aromatic nitrogens is 2. The summed E-state index contributed by atoms with van der Waals surface area (Å²) in [5, 5.41) is 24.8. The van der Waals surface area contributed by atoms with Crippen LogP contribution in [0.25, 0.3) is 22.3 Å². The number of urea groups is 1. The van der Waals surface area contributed by atoms with Crippen LogP contribution in [0.15, 0.2) is 29.1 Å². The number of nitrogens with two attached hydrogens (primary N) is 1. The molecule has 0 fully saturated rings. The third-order valence-electron chi connectivity index (χ3n) is 16.6. The number of halogens is 3. The summed E-state index contributed by atoms with van der Waals surface area (Å²) in [5.41, 5.74) is 4.50. The van der Waals surface area contributed by atoms with Crippen LogP contribution in [0.1, 0.15) is 118 Å². The van der Waals surface area contributed by atoms with Gasteiger partial charge in [0.25, 0.3) is 5.56 Å². The number of rotatable bonds is 44. The monoisotopic (exact) mass is 1370 g/mol. The van der Waals surface area contributed by atoms with Gasteiger partial charge in [0.2, 0.25) is 17.7 Å². The summed E-state index contributed by atoms with van der Waals surface area (Å²) in [4.78, 5) is 97.4. The number of pyridine rings is 2. The zero-order valence-electron chi connectivity index (χ0n) is 56.1.